The first kappa shape index (κ1) is 15.0. The number of nitrogens with zero attached hydrogens (tertiary/aromatic N) is 4. The highest BCUT2D eigenvalue weighted by Gasteiger charge is 2.31. The van der Waals surface area contributed by atoms with Gasteiger partial charge in [0.15, 0.2) is 5.78 Å². The Bertz CT molecular complexity index is 1110. The van der Waals surface area contributed by atoms with Crippen LogP contribution in [0.1, 0.15) is 27.9 Å². The Morgan fingerprint density at radius 3 is 3.12 bits per heavy atom. The van der Waals surface area contributed by atoms with Crippen LogP contribution in [0.5, 0.6) is 0 Å². The molecule has 128 valence electrons. The number of fused-ring (bicyclic) bond motifs is 4. The minimum absolute atomic E-state index is 0.0449. The van der Waals surface area contributed by atoms with E-state index >= 15 is 0 Å². The molecule has 0 saturated heterocycles. The number of carbonyl (C=O) groups is 1. The lowest BCUT2D eigenvalue weighted by atomic mass is 10.0. The van der Waals surface area contributed by atoms with E-state index in [1.165, 1.54) is 0 Å². The van der Waals surface area contributed by atoms with Crippen molar-refractivity contribution in [1.82, 2.24) is 14.9 Å². The second-order valence-corrected chi connectivity index (χ2v) is 6.59. The van der Waals surface area contributed by atoms with Crippen LogP contribution in [0.4, 0.5) is 5.69 Å². The number of hydrogen-bond donors (Lipinski definition) is 1. The Morgan fingerprint density at radius 2 is 2.19 bits per heavy atom. The quantitative estimate of drug-likeness (QED) is 0.742. The third kappa shape index (κ3) is 2.26. The van der Waals surface area contributed by atoms with Crippen molar-refractivity contribution < 1.29 is 4.79 Å². The van der Waals surface area contributed by atoms with E-state index in [4.69, 9.17) is 4.99 Å². The van der Waals surface area contributed by atoms with Gasteiger partial charge in [0.2, 0.25) is 0 Å². The van der Waals surface area contributed by atoms with Gasteiger partial charge in [0.05, 0.1) is 36.0 Å². The van der Waals surface area contributed by atoms with E-state index in [-0.39, 0.29) is 12.2 Å². The zero-order valence-electron chi connectivity index (χ0n) is 14.4. The molecule has 0 spiro atoms. The summed E-state index contributed by atoms with van der Waals surface area (Å²) in [4.78, 5) is 31.7. The molecule has 3 heterocycles. The topological polar surface area (TPSA) is 73.7 Å². The van der Waals surface area contributed by atoms with Crippen molar-refractivity contribution in [2.24, 2.45) is 9.98 Å². The van der Waals surface area contributed by atoms with Crippen LogP contribution in [0.25, 0.3) is 11.0 Å². The summed E-state index contributed by atoms with van der Waals surface area (Å²) < 4.78 is 0. The highest BCUT2D eigenvalue weighted by molar-refractivity contribution is 6.21. The van der Waals surface area contributed by atoms with Crippen LogP contribution < -0.4 is 0 Å². The molecule has 2 aromatic carbocycles. The van der Waals surface area contributed by atoms with Gasteiger partial charge < -0.3 is 9.88 Å². The SMILES string of the molecule is Cc1cccc2c1N=C(CC(=O)c1ccc3nc[nH]c3c1)N1CCN=C21. The zero-order valence-corrected chi connectivity index (χ0v) is 14.4. The summed E-state index contributed by atoms with van der Waals surface area (Å²) in [6, 6.07) is 11.7. The standard InChI is InChI=1S/C20H17N5O/c1-12-3-2-4-14-19(12)24-18(25-8-7-21-20(14)25)10-17(26)13-5-6-15-16(9-13)23-11-22-15/h2-6,9,11H,7-8,10H2,1H3,(H,22,23). The molecule has 0 saturated carbocycles. The molecule has 0 amide bonds. The maximum atomic E-state index is 12.9. The van der Waals surface area contributed by atoms with Crippen molar-refractivity contribution in [2.75, 3.05) is 13.1 Å². The molecule has 0 unspecified atom stereocenters. The molecule has 6 heteroatoms. The number of aromatic nitrogens is 2. The number of nitrogens with one attached hydrogen (secondary N) is 1. The van der Waals surface area contributed by atoms with Crippen LogP contribution in [0.3, 0.4) is 0 Å². The Hall–Kier alpha value is -3.28. The largest absolute Gasteiger partial charge is 0.345 e. The van der Waals surface area contributed by atoms with Crippen LogP contribution in [-0.4, -0.2) is 45.4 Å². The van der Waals surface area contributed by atoms with Crippen molar-refractivity contribution in [3.05, 3.63) is 59.4 Å². The maximum absolute atomic E-state index is 12.9. The van der Waals surface area contributed by atoms with E-state index in [1.807, 2.05) is 43.3 Å². The number of rotatable bonds is 3. The van der Waals surface area contributed by atoms with Crippen LogP contribution in [0, 0.1) is 6.92 Å². The smallest absolute Gasteiger partial charge is 0.170 e. The van der Waals surface area contributed by atoms with E-state index < -0.39 is 0 Å². The average molecular weight is 343 g/mol. The Balaban J connectivity index is 1.52. The monoisotopic (exact) mass is 343 g/mol. The van der Waals surface area contributed by atoms with Gasteiger partial charge in [-0.15, -0.1) is 0 Å². The van der Waals surface area contributed by atoms with Gasteiger partial charge in [-0.2, -0.15) is 0 Å². The highest BCUT2D eigenvalue weighted by Crippen LogP contribution is 2.32. The molecular formula is C20H17N5O. The molecule has 0 atom stereocenters. The molecule has 0 fully saturated rings. The molecule has 1 N–H and O–H groups in total. The summed E-state index contributed by atoms with van der Waals surface area (Å²) in [7, 11) is 0. The van der Waals surface area contributed by atoms with Crippen molar-refractivity contribution in [1.29, 1.82) is 0 Å². The van der Waals surface area contributed by atoms with Gasteiger partial charge in [-0.05, 0) is 36.8 Å². The molecule has 0 aliphatic carbocycles. The van der Waals surface area contributed by atoms with E-state index in [9.17, 15) is 4.79 Å². The fraction of sp³-hybridized carbons (Fsp3) is 0.200. The molecule has 3 aromatic rings. The lowest BCUT2D eigenvalue weighted by molar-refractivity contribution is 0.0998. The molecule has 2 aliphatic heterocycles. The van der Waals surface area contributed by atoms with Gasteiger partial charge >= 0.3 is 0 Å². The number of para-hydroxylation sites is 1. The number of ketones is 1. The highest BCUT2D eigenvalue weighted by atomic mass is 16.1. The van der Waals surface area contributed by atoms with Crippen molar-refractivity contribution >= 4 is 34.2 Å². The number of H-pyrrole nitrogens is 1. The van der Waals surface area contributed by atoms with E-state index in [0.717, 1.165) is 52.6 Å². The van der Waals surface area contributed by atoms with Crippen molar-refractivity contribution in [2.45, 2.75) is 13.3 Å². The number of aromatic amines is 1. The molecule has 6 nitrogen and oxygen atoms in total. The van der Waals surface area contributed by atoms with E-state index in [0.29, 0.717) is 5.56 Å². The van der Waals surface area contributed by atoms with E-state index in [2.05, 4.69) is 19.9 Å². The van der Waals surface area contributed by atoms with Gasteiger partial charge in [0.1, 0.15) is 11.7 Å². The number of carbonyl (C=O) groups excluding carboxylic acids is 1. The lowest BCUT2D eigenvalue weighted by Crippen LogP contribution is -2.38. The molecule has 26 heavy (non-hydrogen) atoms. The van der Waals surface area contributed by atoms with Crippen LogP contribution >= 0.6 is 0 Å². The summed E-state index contributed by atoms with van der Waals surface area (Å²) in [5.74, 6) is 1.76. The molecule has 0 radical (unpaired) electrons. The van der Waals surface area contributed by atoms with Gasteiger partial charge in [-0.25, -0.2) is 9.98 Å². The predicted octanol–water partition coefficient (Wildman–Crippen LogP) is 3.25. The molecule has 5 rings (SSSR count). The summed E-state index contributed by atoms with van der Waals surface area (Å²) in [6.45, 7) is 3.55. The normalized spacial score (nSPS) is 15.5. The minimum Gasteiger partial charge on any atom is -0.345 e. The summed E-state index contributed by atoms with van der Waals surface area (Å²) in [5.41, 5.74) is 5.47. The third-order valence-corrected chi connectivity index (χ3v) is 4.93. The van der Waals surface area contributed by atoms with Crippen LogP contribution in [0.15, 0.2) is 52.7 Å². The Kier molecular flexibility index (Phi) is 3.25. The number of aliphatic imine (C=N–C) groups is 2. The molecular weight excluding hydrogens is 326 g/mol. The van der Waals surface area contributed by atoms with E-state index in [1.54, 1.807) is 6.33 Å². The van der Waals surface area contributed by atoms with Crippen LogP contribution in [0.2, 0.25) is 0 Å². The lowest BCUT2D eigenvalue weighted by Gasteiger charge is -2.28. The average Bonchev–Trinajstić information content (AvgIpc) is 3.31. The third-order valence-electron chi connectivity index (χ3n) is 4.93. The number of hydrogen-bond acceptors (Lipinski definition) is 5. The fourth-order valence-electron chi connectivity index (χ4n) is 3.60. The number of imidazole rings is 1. The molecule has 1 aromatic heterocycles. The second kappa shape index (κ2) is 5.62. The second-order valence-electron chi connectivity index (χ2n) is 6.59. The van der Waals surface area contributed by atoms with Crippen LogP contribution in [-0.2, 0) is 0 Å². The molecule has 0 bridgehead atoms. The van der Waals surface area contributed by atoms with Gasteiger partial charge in [0, 0.05) is 17.7 Å². The fourth-order valence-corrected chi connectivity index (χ4v) is 3.60. The Labute approximate surface area is 150 Å². The predicted molar refractivity (Wildman–Crippen MR) is 101 cm³/mol. The summed E-state index contributed by atoms with van der Waals surface area (Å²) in [5, 5.41) is 0. The number of amidine groups is 2. The number of benzene rings is 2. The Morgan fingerprint density at radius 1 is 1.27 bits per heavy atom. The van der Waals surface area contributed by atoms with Crippen molar-refractivity contribution in [3.63, 3.8) is 0 Å². The van der Waals surface area contributed by atoms with Crippen molar-refractivity contribution in [3.8, 4) is 0 Å². The molecule has 2 aliphatic rings. The number of aryl methyl sites for hydroxylation is 1. The number of Topliss-reactive ketones (excluding diaryl/α,β-unsaturated/α-hetero) is 1. The first-order valence-electron chi connectivity index (χ1n) is 8.66. The maximum Gasteiger partial charge on any atom is 0.170 e. The summed E-state index contributed by atoms with van der Waals surface area (Å²) >= 11 is 0. The minimum atomic E-state index is 0.0449. The van der Waals surface area contributed by atoms with Gasteiger partial charge in [-0.1, -0.05) is 12.1 Å². The first-order chi connectivity index (χ1) is 12.7. The zero-order chi connectivity index (χ0) is 17.7. The summed E-state index contributed by atoms with van der Waals surface area (Å²) in [6.07, 6.45) is 1.89. The van der Waals surface area contributed by atoms with Gasteiger partial charge in [0.25, 0.3) is 0 Å². The van der Waals surface area contributed by atoms with Gasteiger partial charge in [-0.3, -0.25) is 9.79 Å². The first-order valence-corrected chi connectivity index (χ1v) is 8.66.